The van der Waals surface area contributed by atoms with E-state index in [0.717, 1.165) is 83.7 Å². The summed E-state index contributed by atoms with van der Waals surface area (Å²) < 4.78 is 4.66. The van der Waals surface area contributed by atoms with Crippen LogP contribution in [0.1, 0.15) is 83.1 Å². The highest BCUT2D eigenvalue weighted by Gasteiger charge is 2.35. The molecule has 10 nitrogen and oxygen atoms in total. The number of aromatic nitrogens is 2. The second-order valence-electron chi connectivity index (χ2n) is 13.6. The van der Waals surface area contributed by atoms with Crippen LogP contribution in [0.5, 0.6) is 0 Å². The van der Waals surface area contributed by atoms with Gasteiger partial charge in [0.15, 0.2) is 0 Å². The molecular formula is C38H46N6O4. The Labute approximate surface area is 282 Å². The second-order valence-corrected chi connectivity index (χ2v) is 13.6. The number of benzene rings is 2. The van der Waals surface area contributed by atoms with Crippen molar-refractivity contribution >= 4 is 29.2 Å². The van der Waals surface area contributed by atoms with E-state index in [1.807, 2.05) is 29.1 Å². The van der Waals surface area contributed by atoms with Gasteiger partial charge in [0.2, 0.25) is 11.8 Å². The Hall–Kier alpha value is -4.73. The molecule has 3 aliphatic rings. The largest absolute Gasteiger partial charge is 0.453 e. The molecule has 0 radical (unpaired) electrons. The third kappa shape index (κ3) is 7.37. The molecule has 6 rings (SSSR count). The quantitative estimate of drug-likeness (QED) is 0.251. The summed E-state index contributed by atoms with van der Waals surface area (Å²) in [5.41, 5.74) is 7.55. The minimum Gasteiger partial charge on any atom is -0.453 e. The van der Waals surface area contributed by atoms with Crippen molar-refractivity contribution in [3.05, 3.63) is 72.3 Å². The number of ether oxygens (including phenoxy) is 1. The van der Waals surface area contributed by atoms with Crippen LogP contribution >= 0.6 is 0 Å². The van der Waals surface area contributed by atoms with Crippen molar-refractivity contribution in [3.63, 3.8) is 0 Å². The van der Waals surface area contributed by atoms with E-state index < -0.39 is 6.09 Å². The number of aliphatic imine (C=N–C) groups is 1. The Kier molecular flexibility index (Phi) is 10.1. The molecule has 0 unspecified atom stereocenters. The first kappa shape index (κ1) is 33.2. The van der Waals surface area contributed by atoms with Crippen LogP contribution in [0.4, 0.5) is 4.79 Å². The zero-order valence-corrected chi connectivity index (χ0v) is 28.4. The van der Waals surface area contributed by atoms with Crippen molar-refractivity contribution in [2.45, 2.75) is 83.8 Å². The predicted molar refractivity (Wildman–Crippen MR) is 187 cm³/mol. The summed E-state index contributed by atoms with van der Waals surface area (Å²) in [6, 6.07) is 16.7. The molecular weight excluding hydrogens is 604 g/mol. The lowest BCUT2D eigenvalue weighted by molar-refractivity contribution is -0.133. The minimum atomic E-state index is -0.531. The number of nitrogens with one attached hydrogen (secondary N) is 2. The Bertz CT molecular complexity index is 1690. The number of amides is 3. The smallest absolute Gasteiger partial charge is 0.407 e. The molecule has 4 heterocycles. The van der Waals surface area contributed by atoms with E-state index in [0.29, 0.717) is 18.9 Å². The first-order valence-corrected chi connectivity index (χ1v) is 17.1. The zero-order chi connectivity index (χ0) is 33.8. The number of aromatic amines is 1. The molecule has 0 bridgehead atoms. The van der Waals surface area contributed by atoms with Crippen LogP contribution in [0, 0.1) is 5.92 Å². The summed E-state index contributed by atoms with van der Waals surface area (Å²) in [4.78, 5) is 54.2. The second kappa shape index (κ2) is 14.6. The van der Waals surface area contributed by atoms with Crippen LogP contribution in [0.2, 0.25) is 0 Å². The summed E-state index contributed by atoms with van der Waals surface area (Å²) in [5.74, 6) is 1.44. The number of allylic oxidation sites excluding steroid dienone is 1. The molecule has 3 amide bonds. The van der Waals surface area contributed by atoms with Crippen molar-refractivity contribution in [1.29, 1.82) is 0 Å². The van der Waals surface area contributed by atoms with Gasteiger partial charge < -0.3 is 24.8 Å². The number of carbonyl (C=O) groups excluding carboxylic acids is 3. The fraction of sp³-hybridized carbons (Fsp3) is 0.447. The van der Waals surface area contributed by atoms with Gasteiger partial charge in [-0.1, -0.05) is 62.4 Å². The Balaban J connectivity index is 1.05. The molecule has 3 aliphatic heterocycles. The molecule has 0 aliphatic carbocycles. The number of imidazole rings is 1. The van der Waals surface area contributed by atoms with Gasteiger partial charge in [-0.05, 0) is 66.4 Å². The van der Waals surface area contributed by atoms with E-state index >= 15 is 0 Å². The Morgan fingerprint density at radius 2 is 1.44 bits per heavy atom. The molecule has 1 aromatic heterocycles. The average Bonchev–Trinajstić information content (AvgIpc) is 3.90. The van der Waals surface area contributed by atoms with E-state index in [-0.39, 0.29) is 36.4 Å². The third-order valence-corrected chi connectivity index (χ3v) is 9.60. The standard InChI is InChI=1S/C38H46N6O4/c1-24(2)19-35(45)44-18-6-8-34(44)37-40-23-32(42-37)29-15-13-27(14-16-29)26-9-11-28(12-10-26)30-21-31(39-22-30)33-7-5-17-43(33)36(46)20-25(3)41-38(47)48-4/h9-16,22-25,33-34H,5-8,17-21H2,1-4H3,(H,40,42)(H,41,47)/t25-,33-,34-/m0/s1. The topological polar surface area (TPSA) is 120 Å². The zero-order valence-electron chi connectivity index (χ0n) is 28.4. The minimum absolute atomic E-state index is 0.00946. The molecule has 10 heteroatoms. The number of likely N-dealkylation sites (tertiary alicyclic amines) is 2. The number of hydrogen-bond donors (Lipinski definition) is 2. The van der Waals surface area contributed by atoms with Gasteiger partial charge in [-0.3, -0.25) is 14.6 Å². The summed E-state index contributed by atoms with van der Waals surface area (Å²) in [6.07, 6.45) is 8.57. The number of H-pyrrole nitrogens is 1. The number of methoxy groups -OCH3 is 1. The maximum Gasteiger partial charge on any atom is 0.407 e. The molecule has 3 aromatic rings. The van der Waals surface area contributed by atoms with Gasteiger partial charge in [-0.15, -0.1) is 0 Å². The van der Waals surface area contributed by atoms with E-state index in [2.05, 4.69) is 82.4 Å². The molecule has 2 aromatic carbocycles. The molecule has 2 N–H and O–H groups in total. The lowest BCUT2D eigenvalue weighted by atomic mass is 9.96. The number of carbonyl (C=O) groups is 3. The first-order valence-electron chi connectivity index (χ1n) is 17.1. The van der Waals surface area contributed by atoms with E-state index in [4.69, 9.17) is 4.99 Å². The molecule has 48 heavy (non-hydrogen) atoms. The van der Waals surface area contributed by atoms with Crippen molar-refractivity contribution in [2.24, 2.45) is 10.9 Å². The van der Waals surface area contributed by atoms with Crippen LogP contribution in [0.15, 0.2) is 65.9 Å². The lowest BCUT2D eigenvalue weighted by Crippen LogP contribution is -2.43. The Morgan fingerprint density at radius 3 is 2.08 bits per heavy atom. The molecule has 252 valence electrons. The molecule has 0 spiro atoms. The van der Waals surface area contributed by atoms with E-state index in [9.17, 15) is 14.4 Å². The fourth-order valence-corrected chi connectivity index (χ4v) is 7.12. The summed E-state index contributed by atoms with van der Waals surface area (Å²) >= 11 is 0. The first-order chi connectivity index (χ1) is 23.2. The van der Waals surface area contributed by atoms with Crippen LogP contribution < -0.4 is 5.32 Å². The lowest BCUT2D eigenvalue weighted by Gasteiger charge is -2.26. The number of rotatable bonds is 10. The van der Waals surface area contributed by atoms with E-state index in [1.165, 1.54) is 7.11 Å². The Morgan fingerprint density at radius 1 is 0.854 bits per heavy atom. The average molecular weight is 651 g/mol. The highest BCUT2D eigenvalue weighted by Crippen LogP contribution is 2.34. The highest BCUT2D eigenvalue weighted by atomic mass is 16.5. The van der Waals surface area contributed by atoms with Gasteiger partial charge in [-0.25, -0.2) is 9.78 Å². The van der Waals surface area contributed by atoms with Crippen LogP contribution in [0.3, 0.4) is 0 Å². The number of nitrogens with zero attached hydrogens (tertiary/aromatic N) is 4. The van der Waals surface area contributed by atoms with Crippen molar-refractivity contribution in [2.75, 3.05) is 20.2 Å². The predicted octanol–water partition coefficient (Wildman–Crippen LogP) is 6.76. The summed E-state index contributed by atoms with van der Waals surface area (Å²) in [5, 5.41) is 2.68. The molecule has 2 fully saturated rings. The molecule has 3 atom stereocenters. The van der Waals surface area contributed by atoms with Crippen molar-refractivity contribution < 1.29 is 19.1 Å². The van der Waals surface area contributed by atoms with E-state index in [1.54, 1.807) is 0 Å². The van der Waals surface area contributed by atoms with Crippen LogP contribution in [-0.2, 0) is 14.3 Å². The maximum atomic E-state index is 13.1. The van der Waals surface area contributed by atoms with Gasteiger partial charge in [-0.2, -0.15) is 0 Å². The SMILES string of the molecule is COC(=O)N[C@@H](C)CC(=O)N1CCC[C@H]1C1=NC=C(c2ccc(-c3ccc(-c4cnc([C@@H]5CCCN5C(=O)CC(C)C)[nH]4)cc3)cc2)C1. The van der Waals surface area contributed by atoms with Crippen LogP contribution in [0.25, 0.3) is 28.0 Å². The van der Waals surface area contributed by atoms with Gasteiger partial charge in [0.05, 0.1) is 31.1 Å². The van der Waals surface area contributed by atoms with Gasteiger partial charge in [0.1, 0.15) is 5.82 Å². The maximum absolute atomic E-state index is 13.1. The number of alkyl carbamates (subject to hydrolysis) is 1. The van der Waals surface area contributed by atoms with Gasteiger partial charge >= 0.3 is 6.09 Å². The normalized spacial score (nSPS) is 19.8. The summed E-state index contributed by atoms with van der Waals surface area (Å²) in [6.45, 7) is 7.47. The van der Waals surface area contributed by atoms with Crippen molar-refractivity contribution in [3.8, 4) is 22.4 Å². The highest BCUT2D eigenvalue weighted by molar-refractivity contribution is 6.03. The molecule has 2 saturated heterocycles. The number of hydrogen-bond acceptors (Lipinski definition) is 6. The monoisotopic (exact) mass is 650 g/mol. The van der Waals surface area contributed by atoms with Crippen molar-refractivity contribution in [1.82, 2.24) is 25.1 Å². The van der Waals surface area contributed by atoms with Gasteiger partial charge in [0, 0.05) is 50.3 Å². The van der Waals surface area contributed by atoms with Gasteiger partial charge in [0.25, 0.3) is 0 Å². The third-order valence-electron chi connectivity index (χ3n) is 9.60. The summed E-state index contributed by atoms with van der Waals surface area (Å²) in [7, 11) is 1.32. The van der Waals surface area contributed by atoms with Crippen LogP contribution in [-0.4, -0.2) is 75.7 Å². The molecule has 0 saturated carbocycles. The fourth-order valence-electron chi connectivity index (χ4n) is 7.12.